The minimum atomic E-state index is -1.98. The van der Waals surface area contributed by atoms with Gasteiger partial charge in [0, 0.05) is 6.42 Å². The van der Waals surface area contributed by atoms with Crippen LogP contribution in [0.3, 0.4) is 0 Å². The molecule has 101 heavy (non-hydrogen) atoms. The highest BCUT2D eigenvalue weighted by molar-refractivity contribution is 5.76. The topological polar surface area (TPSA) is 307 Å². The Bertz CT molecular complexity index is 2060. The van der Waals surface area contributed by atoms with E-state index in [-0.39, 0.29) is 18.9 Å². The Labute approximate surface area is 611 Å². The van der Waals surface area contributed by atoms with E-state index in [0.717, 1.165) is 51.4 Å². The minimum absolute atomic E-state index is 0.232. The fourth-order valence-corrected chi connectivity index (χ4v) is 13.7. The molecule has 0 radical (unpaired) electrons. The van der Waals surface area contributed by atoms with Gasteiger partial charge >= 0.3 is 0 Å². The number of hydrogen-bond donors (Lipinski definition) is 12. The molecule has 590 valence electrons. The smallest absolute Gasteiger partial charge is 0.220 e. The van der Waals surface area contributed by atoms with Gasteiger partial charge in [0.15, 0.2) is 18.9 Å². The molecule has 19 heteroatoms. The van der Waals surface area contributed by atoms with E-state index in [0.29, 0.717) is 12.8 Å². The van der Waals surface area contributed by atoms with E-state index in [9.17, 15) is 61.0 Å². The molecule has 0 saturated carbocycles. The Hall–Kier alpha value is -2.51. The van der Waals surface area contributed by atoms with E-state index in [4.69, 9.17) is 28.4 Å². The monoisotopic (exact) mass is 1440 g/mol. The molecular weight excluding hydrogens is 1290 g/mol. The molecule has 1 amide bonds. The van der Waals surface area contributed by atoms with Gasteiger partial charge in [-0.2, -0.15) is 0 Å². The molecule has 0 aliphatic carbocycles. The summed E-state index contributed by atoms with van der Waals surface area (Å²) in [4.78, 5) is 13.5. The predicted octanol–water partition coefficient (Wildman–Crippen LogP) is 13.8. The predicted molar refractivity (Wildman–Crippen MR) is 402 cm³/mol. The lowest BCUT2D eigenvalue weighted by molar-refractivity contribution is -0.379. The fraction of sp³-hybridized carbons (Fsp3) is 0.866. The van der Waals surface area contributed by atoms with Crippen LogP contribution in [-0.2, 0) is 33.2 Å². The zero-order valence-electron chi connectivity index (χ0n) is 63.1. The van der Waals surface area contributed by atoms with Crippen LogP contribution < -0.4 is 5.32 Å². The number of amides is 1. The van der Waals surface area contributed by atoms with E-state index >= 15 is 0 Å². The first-order valence-corrected chi connectivity index (χ1v) is 41.0. The van der Waals surface area contributed by atoms with Crippen molar-refractivity contribution < 1.29 is 89.4 Å². The molecule has 12 N–H and O–H groups in total. The maximum atomic E-state index is 13.5. The second kappa shape index (κ2) is 62.5. The van der Waals surface area contributed by atoms with Crippen LogP contribution in [-0.4, -0.2) is 193 Å². The van der Waals surface area contributed by atoms with Crippen LogP contribution in [0.25, 0.3) is 0 Å². The number of hydrogen-bond acceptors (Lipinski definition) is 18. The third-order valence-electron chi connectivity index (χ3n) is 20.3. The number of carbonyl (C=O) groups excluding carboxylic acids is 1. The molecule has 0 aromatic heterocycles. The number of aliphatic hydroxyl groups is 11. The van der Waals surface area contributed by atoms with E-state index < -0.39 is 124 Å². The van der Waals surface area contributed by atoms with Crippen molar-refractivity contribution in [3.05, 3.63) is 60.8 Å². The van der Waals surface area contributed by atoms with Crippen LogP contribution in [0.5, 0.6) is 0 Å². The quantitative estimate of drug-likeness (QED) is 0.0199. The third-order valence-corrected chi connectivity index (χ3v) is 20.3. The Morgan fingerprint density at radius 1 is 0.356 bits per heavy atom. The van der Waals surface area contributed by atoms with Gasteiger partial charge in [-0.25, -0.2) is 0 Å². The van der Waals surface area contributed by atoms with Crippen LogP contribution in [0.4, 0.5) is 0 Å². The summed E-state index contributed by atoms with van der Waals surface area (Å²) in [6.07, 6.45) is 53.6. The fourth-order valence-electron chi connectivity index (χ4n) is 13.7. The lowest BCUT2D eigenvalue weighted by atomic mass is 9.96. The van der Waals surface area contributed by atoms with Crippen molar-refractivity contribution in [3.63, 3.8) is 0 Å². The number of allylic oxidation sites excluding steroid dienone is 9. The van der Waals surface area contributed by atoms with Crippen molar-refractivity contribution in [1.29, 1.82) is 0 Å². The number of carbonyl (C=O) groups is 1. The molecule has 3 aliphatic rings. The highest BCUT2D eigenvalue weighted by Crippen LogP contribution is 2.33. The van der Waals surface area contributed by atoms with Crippen LogP contribution in [0, 0.1) is 0 Å². The normalized spacial score (nSPS) is 26.6. The van der Waals surface area contributed by atoms with Gasteiger partial charge in [0.25, 0.3) is 0 Å². The molecule has 0 aromatic rings. The molecule has 0 spiro atoms. The first-order valence-electron chi connectivity index (χ1n) is 41.0. The van der Waals surface area contributed by atoms with Crippen LogP contribution in [0.1, 0.15) is 322 Å². The number of aliphatic hydroxyl groups excluding tert-OH is 11. The second-order valence-corrected chi connectivity index (χ2v) is 29.2. The third kappa shape index (κ3) is 42.6. The SMILES string of the molecule is CCCCCCC/C=C\C/C=C\CCCCCCCCCCCCCCCCCCCC(=O)NC(COC1OC(CO)C(OC2OC(CO)C(OC3OC(CO)C(O)C(O)C3O)C(O)C2O)C(O)C1O)C(O)/C=C/CC/C=C/CC/C=C/CCCCCCCCCCCCCCCCCCC. The Balaban J connectivity index is 1.39. The van der Waals surface area contributed by atoms with Crippen molar-refractivity contribution in [2.45, 2.75) is 426 Å². The Kier molecular flexibility index (Phi) is 57.4. The van der Waals surface area contributed by atoms with E-state index in [1.807, 2.05) is 6.08 Å². The van der Waals surface area contributed by atoms with Crippen molar-refractivity contribution >= 4 is 5.91 Å². The van der Waals surface area contributed by atoms with Crippen LogP contribution in [0.15, 0.2) is 60.8 Å². The average molecular weight is 1440 g/mol. The number of rotatable bonds is 65. The molecule has 3 rings (SSSR count). The van der Waals surface area contributed by atoms with Gasteiger partial charge < -0.3 is 89.9 Å². The van der Waals surface area contributed by atoms with E-state index in [1.54, 1.807) is 6.08 Å². The zero-order chi connectivity index (χ0) is 73.2. The summed E-state index contributed by atoms with van der Waals surface area (Å²) < 4.78 is 34.4. The molecule has 17 atom stereocenters. The van der Waals surface area contributed by atoms with Gasteiger partial charge in [-0.1, -0.05) is 299 Å². The summed E-state index contributed by atoms with van der Waals surface area (Å²) in [5.74, 6) is -0.286. The van der Waals surface area contributed by atoms with Crippen LogP contribution >= 0.6 is 0 Å². The zero-order valence-corrected chi connectivity index (χ0v) is 63.1. The maximum Gasteiger partial charge on any atom is 0.220 e. The summed E-state index contributed by atoms with van der Waals surface area (Å²) in [6.45, 7) is 1.74. The lowest BCUT2D eigenvalue weighted by Gasteiger charge is -2.48. The van der Waals surface area contributed by atoms with Gasteiger partial charge in [-0.05, 0) is 77.0 Å². The molecule has 3 saturated heterocycles. The summed E-state index contributed by atoms with van der Waals surface area (Å²) in [6, 6.07) is -0.999. The molecule has 0 aromatic carbocycles. The summed E-state index contributed by atoms with van der Waals surface area (Å²) in [5.41, 5.74) is 0. The standard InChI is InChI=1S/C82H149NO18/c1-3-5-7-9-11-13-15-17-19-21-23-25-27-29-31-32-34-36-38-40-42-44-46-48-50-52-54-56-58-60-70(88)83-65(66(87)59-57-55-53-51-49-47-45-43-41-39-37-35-33-30-28-26-24-22-20-18-16-14-12-10-8-6-4-2)64-96-80-76(94)73(91)78(68(62-85)98-80)101-82-77(95)74(92)79(69(63-86)99-82)100-81-75(93)72(90)71(89)67(61-84)97-81/h15,17,21,23,41,43,49,51,57,59,65-69,71-82,84-87,89-95H,3-14,16,18-20,22,24-40,42,44-48,50,52-56,58,60-64H2,1-2H3,(H,83,88)/b17-15-,23-21-,43-41+,51-49+,59-57+. The Morgan fingerprint density at radius 3 is 1.05 bits per heavy atom. The molecule has 19 nitrogen and oxygen atoms in total. The van der Waals surface area contributed by atoms with Gasteiger partial charge in [0.1, 0.15) is 73.2 Å². The van der Waals surface area contributed by atoms with Gasteiger partial charge in [-0.15, -0.1) is 0 Å². The highest BCUT2D eigenvalue weighted by Gasteiger charge is 2.54. The number of unbranched alkanes of at least 4 members (excludes halogenated alkanes) is 41. The second-order valence-electron chi connectivity index (χ2n) is 29.2. The first kappa shape index (κ1) is 92.7. The van der Waals surface area contributed by atoms with Crippen molar-refractivity contribution in [2.75, 3.05) is 26.4 Å². The molecule has 0 bridgehead atoms. The highest BCUT2D eigenvalue weighted by atomic mass is 16.8. The van der Waals surface area contributed by atoms with Crippen LogP contribution in [0.2, 0.25) is 0 Å². The van der Waals surface area contributed by atoms with Gasteiger partial charge in [0.2, 0.25) is 5.91 Å². The molecule has 3 fully saturated rings. The minimum Gasteiger partial charge on any atom is -0.394 e. The Morgan fingerprint density at radius 2 is 0.663 bits per heavy atom. The molecule has 17 unspecified atom stereocenters. The van der Waals surface area contributed by atoms with Gasteiger partial charge in [0.05, 0.1) is 38.6 Å². The average Bonchev–Trinajstić information content (AvgIpc) is 0.796. The summed E-state index contributed by atoms with van der Waals surface area (Å²) in [7, 11) is 0. The van der Waals surface area contributed by atoms with E-state index in [2.05, 4.69) is 67.8 Å². The molecule has 3 heterocycles. The lowest BCUT2D eigenvalue weighted by Crippen LogP contribution is -2.66. The molecular formula is C82H149NO18. The molecule has 3 aliphatic heterocycles. The first-order chi connectivity index (χ1) is 49.3. The summed E-state index contributed by atoms with van der Waals surface area (Å²) >= 11 is 0. The summed E-state index contributed by atoms with van der Waals surface area (Å²) in [5, 5.41) is 121. The van der Waals surface area contributed by atoms with Crippen molar-refractivity contribution in [3.8, 4) is 0 Å². The van der Waals surface area contributed by atoms with Gasteiger partial charge in [-0.3, -0.25) is 4.79 Å². The number of ether oxygens (including phenoxy) is 6. The van der Waals surface area contributed by atoms with Crippen molar-refractivity contribution in [1.82, 2.24) is 5.32 Å². The van der Waals surface area contributed by atoms with E-state index in [1.165, 1.54) is 238 Å². The maximum absolute atomic E-state index is 13.5. The van der Waals surface area contributed by atoms with Crippen molar-refractivity contribution in [2.24, 2.45) is 0 Å². The number of nitrogens with one attached hydrogen (secondary N) is 1. The largest absolute Gasteiger partial charge is 0.394 e.